The van der Waals surface area contributed by atoms with Gasteiger partial charge in [0, 0.05) is 11.6 Å². The Morgan fingerprint density at radius 1 is 0.833 bits per heavy atom. The van der Waals surface area contributed by atoms with Crippen molar-refractivity contribution in [1.29, 1.82) is 0 Å². The molecule has 0 heterocycles. The van der Waals surface area contributed by atoms with Crippen molar-refractivity contribution < 1.29 is 13.2 Å². The number of hydrogen-bond donors (Lipinski definition) is 2. The monoisotopic (exact) mass is 442 g/mol. The van der Waals surface area contributed by atoms with Gasteiger partial charge in [0.2, 0.25) is 15.9 Å². The first kappa shape index (κ1) is 22.0. The van der Waals surface area contributed by atoms with Gasteiger partial charge < -0.3 is 5.32 Å². The number of sulfonamides is 1. The van der Waals surface area contributed by atoms with E-state index in [9.17, 15) is 13.2 Å². The number of nitrogens with one attached hydrogen (secondary N) is 2. The average molecular weight is 443 g/mol. The molecule has 0 aliphatic heterocycles. The van der Waals surface area contributed by atoms with Crippen LogP contribution in [0.25, 0.3) is 0 Å². The van der Waals surface area contributed by atoms with Gasteiger partial charge in [-0.15, -0.1) is 0 Å². The molecule has 0 spiro atoms. The van der Waals surface area contributed by atoms with Crippen LogP contribution in [0, 0.1) is 0 Å². The molecule has 0 saturated carbocycles. The normalized spacial score (nSPS) is 12.3. The number of halogens is 1. The average Bonchev–Trinajstić information content (AvgIpc) is 2.75. The molecule has 0 aliphatic rings. The minimum absolute atomic E-state index is 0.0575. The van der Waals surface area contributed by atoms with Gasteiger partial charge in [-0.3, -0.25) is 4.79 Å². The maximum absolute atomic E-state index is 12.8. The molecule has 3 aromatic carbocycles. The van der Waals surface area contributed by atoms with Crippen molar-refractivity contribution in [3.63, 3.8) is 0 Å². The van der Waals surface area contributed by atoms with E-state index in [-0.39, 0.29) is 17.2 Å². The molecule has 1 amide bonds. The van der Waals surface area contributed by atoms with Crippen molar-refractivity contribution in [3.05, 3.63) is 101 Å². The maximum atomic E-state index is 12.8. The zero-order chi connectivity index (χ0) is 21.4. The highest BCUT2D eigenvalue weighted by Crippen LogP contribution is 2.15. The van der Waals surface area contributed by atoms with Gasteiger partial charge in [-0.05, 0) is 48.2 Å². The Morgan fingerprint density at radius 2 is 1.40 bits per heavy atom. The van der Waals surface area contributed by atoms with Crippen LogP contribution in [0.4, 0.5) is 0 Å². The van der Waals surface area contributed by atoms with Gasteiger partial charge in [-0.2, -0.15) is 4.72 Å². The third-order valence-corrected chi connectivity index (χ3v) is 6.32. The molecule has 0 unspecified atom stereocenters. The first-order valence-electron chi connectivity index (χ1n) is 9.57. The summed E-state index contributed by atoms with van der Waals surface area (Å²) in [6, 6.07) is 24.0. The van der Waals surface area contributed by atoms with Crippen LogP contribution in [0.2, 0.25) is 5.02 Å². The second kappa shape index (κ2) is 10.4. The second-order valence-electron chi connectivity index (χ2n) is 6.84. The molecule has 3 rings (SSSR count). The van der Waals surface area contributed by atoms with Gasteiger partial charge in [0.1, 0.15) is 6.04 Å². The highest BCUT2D eigenvalue weighted by atomic mass is 35.5. The minimum atomic E-state index is -3.89. The molecule has 1 atom stereocenters. The van der Waals surface area contributed by atoms with E-state index in [1.807, 2.05) is 60.7 Å². The molecular formula is C23H23ClN2O3S. The molecule has 3 aromatic rings. The van der Waals surface area contributed by atoms with Gasteiger partial charge in [0.25, 0.3) is 0 Å². The molecule has 0 aromatic heterocycles. The van der Waals surface area contributed by atoms with Crippen LogP contribution in [0.15, 0.2) is 89.8 Å². The SMILES string of the molecule is O=C(NCCc1ccccc1)[C@H](Cc1ccccc1)NS(=O)(=O)c1ccc(Cl)cc1. The maximum Gasteiger partial charge on any atom is 0.241 e. The Bertz CT molecular complexity index is 1060. The zero-order valence-electron chi connectivity index (χ0n) is 16.3. The summed E-state index contributed by atoms with van der Waals surface area (Å²) in [7, 11) is -3.89. The highest BCUT2D eigenvalue weighted by Gasteiger charge is 2.26. The lowest BCUT2D eigenvalue weighted by molar-refractivity contribution is -0.122. The van der Waals surface area contributed by atoms with Crippen LogP contribution in [-0.2, 0) is 27.7 Å². The van der Waals surface area contributed by atoms with Gasteiger partial charge in [0.05, 0.1) is 4.90 Å². The molecule has 7 heteroatoms. The van der Waals surface area contributed by atoms with E-state index in [0.29, 0.717) is 18.0 Å². The lowest BCUT2D eigenvalue weighted by Crippen LogP contribution is -2.48. The first-order valence-corrected chi connectivity index (χ1v) is 11.4. The molecule has 0 aliphatic carbocycles. The van der Waals surface area contributed by atoms with E-state index in [4.69, 9.17) is 11.6 Å². The number of amides is 1. The summed E-state index contributed by atoms with van der Waals surface area (Å²) in [5.74, 6) is -0.368. The minimum Gasteiger partial charge on any atom is -0.354 e. The summed E-state index contributed by atoms with van der Waals surface area (Å²) in [6.45, 7) is 0.414. The fourth-order valence-electron chi connectivity index (χ4n) is 3.00. The quantitative estimate of drug-likeness (QED) is 0.531. The first-order chi connectivity index (χ1) is 14.4. The molecule has 5 nitrogen and oxygen atoms in total. The van der Waals surface area contributed by atoms with Gasteiger partial charge >= 0.3 is 0 Å². The molecule has 0 fully saturated rings. The molecule has 0 bridgehead atoms. The van der Waals surface area contributed by atoms with Gasteiger partial charge in [-0.25, -0.2) is 8.42 Å². The van der Waals surface area contributed by atoms with E-state index in [2.05, 4.69) is 10.0 Å². The summed E-state index contributed by atoms with van der Waals surface area (Å²) in [6.07, 6.45) is 0.902. The standard InChI is InChI=1S/C23H23ClN2O3S/c24-20-11-13-21(14-12-20)30(28,29)26-22(17-19-9-5-2-6-10-19)23(27)25-16-15-18-7-3-1-4-8-18/h1-14,22,26H,15-17H2,(H,25,27)/t22-/m0/s1. The Hall–Kier alpha value is -2.67. The van der Waals surface area contributed by atoms with Crippen LogP contribution < -0.4 is 10.0 Å². The van der Waals surface area contributed by atoms with Crippen molar-refractivity contribution in [2.45, 2.75) is 23.8 Å². The Labute approximate surface area is 182 Å². The smallest absolute Gasteiger partial charge is 0.241 e. The molecular weight excluding hydrogens is 420 g/mol. The summed E-state index contributed by atoms with van der Waals surface area (Å²) in [4.78, 5) is 12.9. The number of benzene rings is 3. The lowest BCUT2D eigenvalue weighted by atomic mass is 10.1. The molecule has 30 heavy (non-hydrogen) atoms. The Morgan fingerprint density at radius 3 is 2.00 bits per heavy atom. The highest BCUT2D eigenvalue weighted by molar-refractivity contribution is 7.89. The number of carbonyl (C=O) groups is 1. The fraction of sp³-hybridized carbons (Fsp3) is 0.174. The van der Waals surface area contributed by atoms with Crippen molar-refractivity contribution in [3.8, 4) is 0 Å². The van der Waals surface area contributed by atoms with Crippen LogP contribution in [0.3, 0.4) is 0 Å². The second-order valence-corrected chi connectivity index (χ2v) is 8.99. The van der Waals surface area contributed by atoms with Crippen molar-refractivity contribution in [2.75, 3.05) is 6.54 Å². The Kier molecular flexibility index (Phi) is 7.63. The van der Waals surface area contributed by atoms with E-state index >= 15 is 0 Å². The summed E-state index contributed by atoms with van der Waals surface area (Å²) < 4.78 is 28.2. The summed E-state index contributed by atoms with van der Waals surface area (Å²) in [5.41, 5.74) is 1.96. The molecule has 2 N–H and O–H groups in total. The predicted octanol–water partition coefficient (Wildman–Crippen LogP) is 3.59. The third-order valence-electron chi connectivity index (χ3n) is 4.58. The number of rotatable bonds is 9. The van der Waals surface area contributed by atoms with Crippen LogP contribution in [0.1, 0.15) is 11.1 Å². The van der Waals surface area contributed by atoms with Crippen molar-refractivity contribution in [2.24, 2.45) is 0 Å². The zero-order valence-corrected chi connectivity index (χ0v) is 17.9. The van der Waals surface area contributed by atoms with Gasteiger partial charge in [-0.1, -0.05) is 72.3 Å². The van der Waals surface area contributed by atoms with Crippen molar-refractivity contribution in [1.82, 2.24) is 10.0 Å². The largest absolute Gasteiger partial charge is 0.354 e. The third kappa shape index (κ3) is 6.42. The summed E-state index contributed by atoms with van der Waals surface area (Å²) in [5, 5.41) is 3.29. The predicted molar refractivity (Wildman–Crippen MR) is 119 cm³/mol. The summed E-state index contributed by atoms with van der Waals surface area (Å²) >= 11 is 5.85. The lowest BCUT2D eigenvalue weighted by Gasteiger charge is -2.19. The van der Waals surface area contributed by atoms with E-state index in [1.54, 1.807) is 0 Å². The van der Waals surface area contributed by atoms with Gasteiger partial charge in [0.15, 0.2) is 0 Å². The van der Waals surface area contributed by atoms with E-state index in [1.165, 1.54) is 24.3 Å². The molecule has 0 radical (unpaired) electrons. The van der Waals surface area contributed by atoms with Crippen LogP contribution in [-0.4, -0.2) is 26.9 Å². The van der Waals surface area contributed by atoms with E-state index in [0.717, 1.165) is 11.1 Å². The van der Waals surface area contributed by atoms with E-state index < -0.39 is 16.1 Å². The van der Waals surface area contributed by atoms with Crippen LogP contribution in [0.5, 0.6) is 0 Å². The fourth-order valence-corrected chi connectivity index (χ4v) is 4.33. The van der Waals surface area contributed by atoms with Crippen LogP contribution >= 0.6 is 11.6 Å². The molecule has 0 saturated heterocycles. The van der Waals surface area contributed by atoms with Crippen molar-refractivity contribution >= 4 is 27.5 Å². The number of carbonyl (C=O) groups excluding carboxylic acids is 1. The number of hydrogen-bond acceptors (Lipinski definition) is 3. The Balaban J connectivity index is 1.72. The topological polar surface area (TPSA) is 75.3 Å². The molecule has 156 valence electrons.